The number of fused-ring (bicyclic) bond motifs is 1. The first-order valence-electron chi connectivity index (χ1n) is 14.6. The Morgan fingerprint density at radius 1 is 1.02 bits per heavy atom. The molecular formula is C32H40N6O6. The topological polar surface area (TPSA) is 155 Å². The molecule has 0 aliphatic rings. The zero-order valence-corrected chi connectivity index (χ0v) is 25.7. The van der Waals surface area contributed by atoms with Gasteiger partial charge in [0, 0.05) is 6.54 Å². The van der Waals surface area contributed by atoms with Gasteiger partial charge in [-0.25, -0.2) is 9.59 Å². The third-order valence-corrected chi connectivity index (χ3v) is 7.29. The molecular weight excluding hydrogens is 564 g/mol. The van der Waals surface area contributed by atoms with Crippen LogP contribution in [-0.4, -0.2) is 70.8 Å². The summed E-state index contributed by atoms with van der Waals surface area (Å²) < 4.78 is 16.9. The molecule has 44 heavy (non-hydrogen) atoms. The summed E-state index contributed by atoms with van der Waals surface area (Å²) in [6, 6.07) is 13.6. The lowest BCUT2D eigenvalue weighted by Gasteiger charge is -2.18. The fourth-order valence-electron chi connectivity index (χ4n) is 4.98. The van der Waals surface area contributed by atoms with Gasteiger partial charge in [0.2, 0.25) is 0 Å². The number of methoxy groups -OCH3 is 2. The number of H-pyrrole nitrogens is 1. The number of benzene rings is 2. The van der Waals surface area contributed by atoms with E-state index in [2.05, 4.69) is 26.8 Å². The van der Waals surface area contributed by atoms with Crippen molar-refractivity contribution in [3.05, 3.63) is 80.8 Å². The van der Waals surface area contributed by atoms with Gasteiger partial charge in [0.15, 0.2) is 11.5 Å². The van der Waals surface area contributed by atoms with Gasteiger partial charge in [-0.1, -0.05) is 49.7 Å². The summed E-state index contributed by atoms with van der Waals surface area (Å²) >= 11 is 0. The van der Waals surface area contributed by atoms with Crippen molar-refractivity contribution in [1.29, 1.82) is 0 Å². The number of nitrogens with two attached hydrogens (primary N) is 1. The van der Waals surface area contributed by atoms with Crippen LogP contribution in [0.15, 0.2) is 47.3 Å². The van der Waals surface area contributed by atoms with E-state index in [0.717, 1.165) is 54.6 Å². The Kier molecular flexibility index (Phi) is 11.1. The van der Waals surface area contributed by atoms with E-state index in [-0.39, 0.29) is 30.8 Å². The van der Waals surface area contributed by atoms with Crippen molar-refractivity contribution in [3.63, 3.8) is 0 Å². The summed E-state index contributed by atoms with van der Waals surface area (Å²) in [5.74, 6) is -0.583. The molecule has 234 valence electrons. The van der Waals surface area contributed by atoms with Crippen LogP contribution in [-0.2, 0) is 40.2 Å². The van der Waals surface area contributed by atoms with E-state index in [4.69, 9.17) is 19.9 Å². The molecule has 0 saturated carbocycles. The number of aromatic nitrogens is 4. The maximum Gasteiger partial charge on any atom is 0.338 e. The minimum Gasteiger partial charge on any atom is -0.469 e. The summed E-state index contributed by atoms with van der Waals surface area (Å²) in [5.41, 5.74) is 10.4. The van der Waals surface area contributed by atoms with E-state index in [1.54, 1.807) is 6.07 Å². The number of unbranched alkanes of at least 4 members (excludes halogenated alkanes) is 1. The van der Waals surface area contributed by atoms with Gasteiger partial charge in [0.1, 0.15) is 5.52 Å². The van der Waals surface area contributed by atoms with Crippen LogP contribution in [0.2, 0.25) is 0 Å². The van der Waals surface area contributed by atoms with Gasteiger partial charge in [0.25, 0.3) is 0 Å². The van der Waals surface area contributed by atoms with Gasteiger partial charge in [-0.15, -0.1) is 0 Å². The Hall–Kier alpha value is -4.71. The minimum atomic E-state index is -0.443. The number of hydrogen-bond acceptors (Lipinski definition) is 10. The largest absolute Gasteiger partial charge is 0.469 e. The molecule has 12 nitrogen and oxygen atoms in total. The third kappa shape index (κ3) is 8.22. The summed E-state index contributed by atoms with van der Waals surface area (Å²) in [4.78, 5) is 50.7. The predicted octanol–water partition coefficient (Wildman–Crippen LogP) is 3.50. The summed E-state index contributed by atoms with van der Waals surface area (Å²) in [6.45, 7) is 4.16. The highest BCUT2D eigenvalue weighted by molar-refractivity contribution is 5.91. The van der Waals surface area contributed by atoms with Crippen LogP contribution in [0.25, 0.3) is 11.2 Å². The number of ether oxygens (including phenoxy) is 3. The van der Waals surface area contributed by atoms with Gasteiger partial charge in [-0.2, -0.15) is 9.97 Å². The summed E-state index contributed by atoms with van der Waals surface area (Å²) in [6.07, 6.45) is 3.50. The quantitative estimate of drug-likeness (QED) is 0.152. The van der Waals surface area contributed by atoms with Crippen LogP contribution in [0.5, 0.6) is 6.01 Å². The first-order chi connectivity index (χ1) is 21.2. The van der Waals surface area contributed by atoms with Crippen LogP contribution in [0.4, 0.5) is 5.82 Å². The molecule has 0 bridgehead atoms. The Balaban J connectivity index is 1.45. The number of aromatic amines is 1. The second-order valence-electron chi connectivity index (χ2n) is 10.7. The number of carbonyl (C=O) groups excluding carboxylic acids is 2. The second-order valence-corrected chi connectivity index (χ2v) is 10.7. The average molecular weight is 605 g/mol. The Labute approximate surface area is 256 Å². The molecule has 4 rings (SSSR count). The van der Waals surface area contributed by atoms with Crippen molar-refractivity contribution in [3.8, 4) is 6.01 Å². The number of nitrogen functional groups attached to an aromatic ring is 1. The van der Waals surface area contributed by atoms with Gasteiger partial charge in [-0.05, 0) is 61.2 Å². The van der Waals surface area contributed by atoms with Crippen molar-refractivity contribution in [2.24, 2.45) is 0 Å². The van der Waals surface area contributed by atoms with Crippen LogP contribution < -0.4 is 16.2 Å². The van der Waals surface area contributed by atoms with Gasteiger partial charge >= 0.3 is 23.6 Å². The van der Waals surface area contributed by atoms with Crippen LogP contribution in [0.1, 0.15) is 58.8 Å². The zero-order chi connectivity index (χ0) is 31.6. The highest BCUT2D eigenvalue weighted by Gasteiger charge is 2.18. The lowest BCUT2D eigenvalue weighted by Crippen LogP contribution is -2.20. The second kappa shape index (κ2) is 15.1. The predicted molar refractivity (Wildman–Crippen MR) is 167 cm³/mol. The number of carbonyl (C=O) groups is 2. The Bertz CT molecular complexity index is 1660. The maximum absolute atomic E-state index is 12.9. The van der Waals surface area contributed by atoms with E-state index in [1.165, 1.54) is 18.8 Å². The summed E-state index contributed by atoms with van der Waals surface area (Å²) in [5, 5.41) is 0. The highest BCUT2D eigenvalue weighted by Crippen LogP contribution is 2.21. The average Bonchev–Trinajstić information content (AvgIpc) is 3.32. The number of anilines is 1. The SMILES string of the molecule is CCCCOc1nc(N)c2[nH]c(=O)n(Cc3ccc(CCCN(C)Cc4cccc(CC(=O)OC)c4)c(C(=O)OC)c3)c2n1. The van der Waals surface area contributed by atoms with Crippen molar-refractivity contribution >= 4 is 28.9 Å². The van der Waals surface area contributed by atoms with E-state index in [1.807, 2.05) is 43.4 Å². The van der Waals surface area contributed by atoms with Gasteiger partial charge < -0.3 is 29.8 Å². The standard InChI is InChI=1S/C32H40N6O6/c1-5-6-15-44-31-35-28(33)27-29(36-31)38(32(41)34-27)20-23-12-13-24(25(17-23)30(40)43-4)11-8-14-37(2)19-22-10-7-9-21(16-22)18-26(39)42-3/h7,9-10,12-13,16-17H,5-6,8,11,14-15,18-20H2,1-4H3,(H,34,41)(H2,33,35,36). The van der Waals surface area contributed by atoms with E-state index >= 15 is 0 Å². The maximum atomic E-state index is 12.9. The van der Waals surface area contributed by atoms with Crippen molar-refractivity contribution in [2.45, 2.75) is 52.1 Å². The summed E-state index contributed by atoms with van der Waals surface area (Å²) in [7, 11) is 4.77. The zero-order valence-electron chi connectivity index (χ0n) is 25.7. The fraction of sp³-hybridized carbons (Fsp3) is 0.406. The number of imidazole rings is 1. The lowest BCUT2D eigenvalue weighted by molar-refractivity contribution is -0.139. The molecule has 2 heterocycles. The molecule has 2 aromatic heterocycles. The number of hydrogen-bond donors (Lipinski definition) is 2. The molecule has 0 aliphatic carbocycles. The number of esters is 2. The number of rotatable bonds is 15. The van der Waals surface area contributed by atoms with E-state index in [9.17, 15) is 14.4 Å². The van der Waals surface area contributed by atoms with E-state index < -0.39 is 11.7 Å². The first-order valence-corrected chi connectivity index (χ1v) is 14.6. The van der Waals surface area contributed by atoms with Crippen molar-refractivity contribution in [1.82, 2.24) is 24.4 Å². The van der Waals surface area contributed by atoms with Crippen LogP contribution >= 0.6 is 0 Å². The molecule has 12 heteroatoms. The van der Waals surface area contributed by atoms with E-state index in [0.29, 0.717) is 29.8 Å². The van der Waals surface area contributed by atoms with Crippen molar-refractivity contribution < 1.29 is 23.8 Å². The molecule has 4 aromatic rings. The Morgan fingerprint density at radius 3 is 2.57 bits per heavy atom. The first kappa shape index (κ1) is 32.2. The molecule has 0 aliphatic heterocycles. The fourth-order valence-corrected chi connectivity index (χ4v) is 4.98. The molecule has 0 atom stereocenters. The lowest BCUT2D eigenvalue weighted by atomic mass is 9.99. The molecule has 0 amide bonds. The molecule has 0 unspecified atom stereocenters. The molecule has 0 fully saturated rings. The van der Waals surface area contributed by atoms with Gasteiger partial charge in [0.05, 0.1) is 39.4 Å². The van der Waals surface area contributed by atoms with Gasteiger partial charge in [-0.3, -0.25) is 9.36 Å². The smallest absolute Gasteiger partial charge is 0.338 e. The Morgan fingerprint density at radius 2 is 1.82 bits per heavy atom. The molecule has 0 radical (unpaired) electrons. The molecule has 0 spiro atoms. The monoisotopic (exact) mass is 604 g/mol. The normalized spacial score (nSPS) is 11.2. The third-order valence-electron chi connectivity index (χ3n) is 7.29. The van der Waals surface area contributed by atoms with Crippen molar-refractivity contribution in [2.75, 3.05) is 40.2 Å². The molecule has 2 aromatic carbocycles. The highest BCUT2D eigenvalue weighted by atomic mass is 16.5. The molecule has 0 saturated heterocycles. The number of aryl methyl sites for hydroxylation is 1. The number of nitrogens with zero attached hydrogens (tertiary/aromatic N) is 4. The van der Waals surface area contributed by atoms with Crippen LogP contribution in [0.3, 0.4) is 0 Å². The molecule has 3 N–H and O–H groups in total. The minimum absolute atomic E-state index is 0.112. The van der Waals surface area contributed by atoms with Crippen LogP contribution in [0, 0.1) is 0 Å². The number of nitrogens with one attached hydrogen (secondary N) is 1.